The van der Waals surface area contributed by atoms with Gasteiger partial charge in [-0.05, 0) is 37.3 Å². The molecule has 0 aliphatic rings. The molecule has 0 radical (unpaired) electrons. The Balaban J connectivity index is 1.50. The highest BCUT2D eigenvalue weighted by atomic mass is 35.5. The van der Waals surface area contributed by atoms with E-state index in [1.807, 2.05) is 55.5 Å². The Kier molecular flexibility index (Phi) is 6.53. The number of nitrogens with zero attached hydrogens (tertiary/aromatic N) is 3. The van der Waals surface area contributed by atoms with Crippen molar-refractivity contribution < 1.29 is 9.32 Å². The van der Waals surface area contributed by atoms with E-state index < -0.39 is 0 Å². The molecule has 1 heterocycles. The van der Waals surface area contributed by atoms with Crippen molar-refractivity contribution in [2.45, 2.75) is 24.8 Å². The quantitative estimate of drug-likeness (QED) is 0.530. The monoisotopic (exact) mass is 401 g/mol. The summed E-state index contributed by atoms with van der Waals surface area (Å²) in [7, 11) is 1.74. The zero-order valence-electron chi connectivity index (χ0n) is 15.2. The molecule has 0 spiro atoms. The van der Waals surface area contributed by atoms with Crippen molar-refractivity contribution in [2.24, 2.45) is 0 Å². The molecule has 0 N–H and O–H groups in total. The van der Waals surface area contributed by atoms with Crippen molar-refractivity contribution >= 4 is 29.3 Å². The van der Waals surface area contributed by atoms with Crippen molar-refractivity contribution in [1.82, 2.24) is 15.0 Å². The van der Waals surface area contributed by atoms with E-state index in [0.29, 0.717) is 35.5 Å². The summed E-state index contributed by atoms with van der Waals surface area (Å²) in [5.41, 5.74) is 2.03. The van der Waals surface area contributed by atoms with Crippen molar-refractivity contribution in [3.63, 3.8) is 0 Å². The number of hydrogen-bond acceptors (Lipinski definition) is 5. The maximum absolute atomic E-state index is 12.3. The Morgan fingerprint density at radius 2 is 2.00 bits per heavy atom. The summed E-state index contributed by atoms with van der Waals surface area (Å²) in [6, 6.07) is 15.5. The lowest BCUT2D eigenvalue weighted by Crippen LogP contribution is -2.26. The van der Waals surface area contributed by atoms with Gasteiger partial charge in [0.2, 0.25) is 17.6 Å². The van der Waals surface area contributed by atoms with E-state index in [9.17, 15) is 4.79 Å². The van der Waals surface area contributed by atoms with E-state index in [1.165, 1.54) is 0 Å². The third kappa shape index (κ3) is 5.58. The van der Waals surface area contributed by atoms with Crippen LogP contribution in [0, 0.1) is 6.92 Å². The summed E-state index contributed by atoms with van der Waals surface area (Å²) in [4.78, 5) is 19.4. The normalized spacial score (nSPS) is 10.8. The van der Waals surface area contributed by atoms with Crippen LogP contribution in [0.15, 0.2) is 57.9 Å². The molecule has 1 aromatic heterocycles. The van der Waals surface area contributed by atoms with Gasteiger partial charge < -0.3 is 9.42 Å². The maximum atomic E-state index is 12.3. The molecular formula is C20H20ClN3O2S. The van der Waals surface area contributed by atoms with Gasteiger partial charge in [0, 0.05) is 34.7 Å². The number of hydrogen-bond donors (Lipinski definition) is 0. The summed E-state index contributed by atoms with van der Waals surface area (Å²) in [5.74, 6) is 1.69. The molecule has 3 rings (SSSR count). The Bertz CT molecular complexity index is 912. The van der Waals surface area contributed by atoms with Gasteiger partial charge in [0.25, 0.3) is 0 Å². The first-order valence-corrected chi connectivity index (χ1v) is 9.89. The second kappa shape index (κ2) is 9.06. The fourth-order valence-electron chi connectivity index (χ4n) is 2.49. The lowest BCUT2D eigenvalue weighted by atomic mass is 10.1. The first kappa shape index (κ1) is 19.5. The van der Waals surface area contributed by atoms with Crippen LogP contribution >= 0.6 is 23.4 Å². The third-order valence-electron chi connectivity index (χ3n) is 3.94. The van der Waals surface area contributed by atoms with Crippen molar-refractivity contribution in [1.29, 1.82) is 0 Å². The minimum absolute atomic E-state index is 0.0340. The molecule has 0 saturated heterocycles. The van der Waals surface area contributed by atoms with Gasteiger partial charge >= 0.3 is 0 Å². The van der Waals surface area contributed by atoms with Gasteiger partial charge in [0.15, 0.2) is 0 Å². The highest BCUT2D eigenvalue weighted by Crippen LogP contribution is 2.21. The number of halogens is 1. The van der Waals surface area contributed by atoms with Crippen molar-refractivity contribution in [2.75, 3.05) is 12.8 Å². The lowest BCUT2D eigenvalue weighted by Gasteiger charge is -2.14. The summed E-state index contributed by atoms with van der Waals surface area (Å²) in [6.07, 6.45) is 0.433. The SMILES string of the molecule is Cc1cccc(-c2noc(CN(C)C(=O)CCSc3ccc(Cl)cc3)n2)c1. The molecule has 0 atom stereocenters. The Hall–Kier alpha value is -2.31. The smallest absolute Gasteiger partial charge is 0.246 e. The van der Waals surface area contributed by atoms with Crippen LogP contribution in [0.2, 0.25) is 5.02 Å². The maximum Gasteiger partial charge on any atom is 0.246 e. The number of aryl methyl sites for hydroxylation is 1. The molecule has 0 aliphatic heterocycles. The fraction of sp³-hybridized carbons (Fsp3) is 0.250. The Morgan fingerprint density at radius 1 is 1.22 bits per heavy atom. The molecule has 0 unspecified atom stereocenters. The first-order valence-electron chi connectivity index (χ1n) is 8.53. The molecular weight excluding hydrogens is 382 g/mol. The average Bonchev–Trinajstić information content (AvgIpc) is 3.12. The van der Waals surface area contributed by atoms with E-state index in [0.717, 1.165) is 16.0 Å². The highest BCUT2D eigenvalue weighted by molar-refractivity contribution is 7.99. The first-order chi connectivity index (χ1) is 13.0. The lowest BCUT2D eigenvalue weighted by molar-refractivity contribution is -0.130. The van der Waals surface area contributed by atoms with Crippen LogP contribution in [0.3, 0.4) is 0 Å². The number of benzene rings is 2. The zero-order valence-corrected chi connectivity index (χ0v) is 16.8. The minimum atomic E-state index is 0.0340. The van der Waals surface area contributed by atoms with Crippen LogP contribution in [0.1, 0.15) is 17.9 Å². The van der Waals surface area contributed by atoms with Crippen molar-refractivity contribution in [3.8, 4) is 11.4 Å². The number of carbonyl (C=O) groups excluding carboxylic acids is 1. The minimum Gasteiger partial charge on any atom is -0.337 e. The topological polar surface area (TPSA) is 59.2 Å². The predicted molar refractivity (Wildman–Crippen MR) is 108 cm³/mol. The Morgan fingerprint density at radius 3 is 2.74 bits per heavy atom. The summed E-state index contributed by atoms with van der Waals surface area (Å²) < 4.78 is 5.29. The molecule has 7 heteroatoms. The van der Waals surface area contributed by atoms with E-state index in [4.69, 9.17) is 16.1 Å². The number of carbonyl (C=O) groups is 1. The predicted octanol–water partition coefficient (Wildman–Crippen LogP) is 4.84. The molecule has 5 nitrogen and oxygen atoms in total. The second-order valence-corrected chi connectivity index (χ2v) is 7.79. The van der Waals surface area contributed by atoms with Gasteiger partial charge in [-0.25, -0.2) is 0 Å². The molecule has 2 aromatic carbocycles. The fourth-order valence-corrected chi connectivity index (χ4v) is 3.46. The molecule has 0 aliphatic carbocycles. The largest absolute Gasteiger partial charge is 0.337 e. The number of thioether (sulfide) groups is 1. The van der Waals surface area contributed by atoms with Crippen LogP contribution in [-0.4, -0.2) is 33.7 Å². The average molecular weight is 402 g/mol. The standard InChI is InChI=1S/C20H20ClN3O2S/c1-14-4-3-5-15(12-14)20-22-18(26-23-20)13-24(2)19(25)10-11-27-17-8-6-16(21)7-9-17/h3-9,12H,10-11,13H2,1-2H3. The molecule has 1 amide bonds. The van der Waals surface area contributed by atoms with E-state index in [2.05, 4.69) is 10.1 Å². The summed E-state index contributed by atoms with van der Waals surface area (Å²) in [5, 5.41) is 4.72. The number of amides is 1. The van der Waals surface area contributed by atoms with Crippen LogP contribution in [0.5, 0.6) is 0 Å². The van der Waals surface area contributed by atoms with Gasteiger partial charge in [-0.3, -0.25) is 4.79 Å². The van der Waals surface area contributed by atoms with Crippen molar-refractivity contribution in [3.05, 3.63) is 65.0 Å². The van der Waals surface area contributed by atoms with E-state index >= 15 is 0 Å². The van der Waals surface area contributed by atoms with Crippen LogP contribution < -0.4 is 0 Å². The molecule has 3 aromatic rings. The van der Waals surface area contributed by atoms with Gasteiger partial charge in [0.1, 0.15) is 0 Å². The van der Waals surface area contributed by atoms with E-state index in [1.54, 1.807) is 23.7 Å². The molecule has 140 valence electrons. The van der Waals surface area contributed by atoms with Crippen LogP contribution in [0.4, 0.5) is 0 Å². The third-order valence-corrected chi connectivity index (χ3v) is 5.21. The molecule has 0 saturated carbocycles. The van der Waals surface area contributed by atoms with Crippen LogP contribution in [-0.2, 0) is 11.3 Å². The molecule has 0 bridgehead atoms. The zero-order chi connectivity index (χ0) is 19.2. The van der Waals surface area contributed by atoms with Crippen LogP contribution in [0.25, 0.3) is 11.4 Å². The van der Waals surface area contributed by atoms with Gasteiger partial charge in [-0.2, -0.15) is 4.98 Å². The number of aromatic nitrogens is 2. The highest BCUT2D eigenvalue weighted by Gasteiger charge is 2.14. The number of rotatable bonds is 7. The summed E-state index contributed by atoms with van der Waals surface area (Å²) in [6.45, 7) is 2.31. The summed E-state index contributed by atoms with van der Waals surface area (Å²) >= 11 is 7.50. The Labute approximate surface area is 167 Å². The van der Waals surface area contributed by atoms with Gasteiger partial charge in [-0.1, -0.05) is 40.5 Å². The van der Waals surface area contributed by atoms with Gasteiger partial charge in [0.05, 0.1) is 6.54 Å². The van der Waals surface area contributed by atoms with Gasteiger partial charge in [-0.15, -0.1) is 11.8 Å². The second-order valence-electron chi connectivity index (χ2n) is 6.18. The molecule has 27 heavy (non-hydrogen) atoms. The van der Waals surface area contributed by atoms with E-state index in [-0.39, 0.29) is 5.91 Å². The molecule has 0 fully saturated rings.